The SMILES string of the molecule is CN(C)CCN1NCC(c2ccc(F)cc2)=C1NS(=O)(=O)c1ccccc1. The largest absolute Gasteiger partial charge is 0.308 e. The molecule has 0 saturated heterocycles. The van der Waals surface area contributed by atoms with E-state index in [1.807, 2.05) is 19.0 Å². The molecule has 144 valence electrons. The first-order valence-corrected chi connectivity index (χ1v) is 10.1. The molecule has 2 aromatic carbocycles. The Morgan fingerprint density at radius 1 is 1.11 bits per heavy atom. The topological polar surface area (TPSA) is 64.7 Å². The summed E-state index contributed by atoms with van der Waals surface area (Å²) in [6.45, 7) is 1.77. The minimum Gasteiger partial charge on any atom is -0.308 e. The second-order valence-electron chi connectivity index (χ2n) is 6.54. The van der Waals surface area contributed by atoms with Crippen LogP contribution in [0.4, 0.5) is 4.39 Å². The Balaban J connectivity index is 1.97. The van der Waals surface area contributed by atoms with Crippen molar-refractivity contribution in [2.75, 3.05) is 33.7 Å². The van der Waals surface area contributed by atoms with Crippen LogP contribution in [0, 0.1) is 5.82 Å². The van der Waals surface area contributed by atoms with Gasteiger partial charge in [0.25, 0.3) is 10.0 Å². The summed E-state index contributed by atoms with van der Waals surface area (Å²) in [6, 6.07) is 14.3. The number of likely N-dealkylation sites (N-methyl/N-ethyl adjacent to an activating group) is 1. The van der Waals surface area contributed by atoms with Gasteiger partial charge >= 0.3 is 0 Å². The van der Waals surface area contributed by atoms with Gasteiger partial charge < -0.3 is 4.90 Å². The van der Waals surface area contributed by atoms with Crippen LogP contribution in [0.5, 0.6) is 0 Å². The van der Waals surface area contributed by atoms with Gasteiger partial charge in [0, 0.05) is 25.2 Å². The molecule has 2 aromatic rings. The summed E-state index contributed by atoms with van der Waals surface area (Å²) in [4.78, 5) is 2.20. The molecule has 2 N–H and O–H groups in total. The van der Waals surface area contributed by atoms with Crippen LogP contribution in [-0.4, -0.2) is 52.1 Å². The third kappa shape index (κ3) is 4.65. The molecule has 0 atom stereocenters. The summed E-state index contributed by atoms with van der Waals surface area (Å²) in [5.41, 5.74) is 4.75. The van der Waals surface area contributed by atoms with Crippen LogP contribution in [0.2, 0.25) is 0 Å². The molecule has 8 heteroatoms. The lowest BCUT2D eigenvalue weighted by atomic mass is 10.1. The Hall–Kier alpha value is -2.42. The zero-order chi connectivity index (χ0) is 19.4. The van der Waals surface area contributed by atoms with Crippen LogP contribution in [0.3, 0.4) is 0 Å². The lowest BCUT2D eigenvalue weighted by molar-refractivity contribution is 0.240. The number of nitrogens with one attached hydrogen (secondary N) is 2. The second kappa shape index (κ2) is 8.08. The van der Waals surface area contributed by atoms with Crippen molar-refractivity contribution in [3.8, 4) is 0 Å². The fourth-order valence-corrected chi connectivity index (χ4v) is 3.90. The molecule has 0 spiro atoms. The Morgan fingerprint density at radius 2 is 1.78 bits per heavy atom. The summed E-state index contributed by atoms with van der Waals surface area (Å²) < 4.78 is 41.7. The lowest BCUT2D eigenvalue weighted by Crippen LogP contribution is -2.42. The average molecular weight is 390 g/mol. The summed E-state index contributed by atoms with van der Waals surface area (Å²) in [7, 11) is 0.164. The zero-order valence-corrected chi connectivity index (χ0v) is 16.1. The fourth-order valence-electron chi connectivity index (χ4n) is 2.78. The Morgan fingerprint density at radius 3 is 2.41 bits per heavy atom. The van der Waals surface area contributed by atoms with Crippen LogP contribution in [0.25, 0.3) is 5.57 Å². The minimum absolute atomic E-state index is 0.190. The lowest BCUT2D eigenvalue weighted by Gasteiger charge is -2.25. The van der Waals surface area contributed by atoms with Crippen molar-refractivity contribution >= 4 is 15.6 Å². The smallest absolute Gasteiger partial charge is 0.263 e. The van der Waals surface area contributed by atoms with Crippen LogP contribution in [-0.2, 0) is 10.0 Å². The molecule has 1 aliphatic heterocycles. The predicted octanol–water partition coefficient (Wildman–Crippen LogP) is 1.85. The number of rotatable bonds is 7. The van der Waals surface area contributed by atoms with Gasteiger partial charge in [0.05, 0.1) is 4.90 Å². The Bertz CT molecular complexity index is 912. The maximum Gasteiger partial charge on any atom is 0.263 e. The molecule has 0 saturated carbocycles. The summed E-state index contributed by atoms with van der Waals surface area (Å²) >= 11 is 0. The molecule has 0 aliphatic carbocycles. The van der Waals surface area contributed by atoms with Gasteiger partial charge in [0.2, 0.25) is 0 Å². The van der Waals surface area contributed by atoms with E-state index in [-0.39, 0.29) is 10.7 Å². The van der Waals surface area contributed by atoms with Crippen molar-refractivity contribution in [3.05, 3.63) is 71.8 Å². The van der Waals surface area contributed by atoms with E-state index in [1.54, 1.807) is 47.5 Å². The van der Waals surface area contributed by atoms with Gasteiger partial charge in [0.15, 0.2) is 0 Å². The van der Waals surface area contributed by atoms with Crippen molar-refractivity contribution in [3.63, 3.8) is 0 Å². The van der Waals surface area contributed by atoms with E-state index in [2.05, 4.69) is 10.1 Å². The molecule has 0 radical (unpaired) electrons. The van der Waals surface area contributed by atoms with Gasteiger partial charge in [-0.05, 0) is 43.9 Å². The van der Waals surface area contributed by atoms with Gasteiger partial charge in [-0.3, -0.25) is 9.73 Å². The Kier molecular flexibility index (Phi) is 5.79. The number of hydrogen-bond donors (Lipinski definition) is 2. The number of hydrazine groups is 1. The van der Waals surface area contributed by atoms with Crippen molar-refractivity contribution in [2.45, 2.75) is 4.90 Å². The standard InChI is InChI=1S/C19H23FN4O2S/c1-23(2)12-13-24-19(22-27(25,26)17-6-4-3-5-7-17)18(14-21-24)15-8-10-16(20)11-9-15/h3-11,21-22H,12-14H2,1-2H3. The normalized spacial score (nSPS) is 14.9. The highest BCUT2D eigenvalue weighted by molar-refractivity contribution is 7.89. The van der Waals surface area contributed by atoms with Crippen molar-refractivity contribution in [2.24, 2.45) is 0 Å². The molecule has 0 amide bonds. The minimum atomic E-state index is -3.74. The van der Waals surface area contributed by atoms with Gasteiger partial charge in [-0.25, -0.2) is 18.2 Å². The summed E-state index contributed by atoms with van der Waals surface area (Å²) in [5.74, 6) is 0.133. The highest BCUT2D eigenvalue weighted by Crippen LogP contribution is 2.25. The van der Waals surface area contributed by atoms with Crippen molar-refractivity contribution < 1.29 is 12.8 Å². The van der Waals surface area contributed by atoms with Crippen LogP contribution < -0.4 is 10.1 Å². The van der Waals surface area contributed by atoms with E-state index >= 15 is 0 Å². The molecular formula is C19H23FN4O2S. The van der Waals surface area contributed by atoms with E-state index in [1.165, 1.54) is 12.1 Å². The number of halogens is 1. The Labute approximate surface area is 159 Å². The maximum atomic E-state index is 13.3. The summed E-state index contributed by atoms with van der Waals surface area (Å²) in [6.07, 6.45) is 0. The molecule has 0 unspecified atom stereocenters. The highest BCUT2D eigenvalue weighted by atomic mass is 32.2. The molecular weight excluding hydrogens is 367 g/mol. The van der Waals surface area contributed by atoms with Gasteiger partial charge in [-0.1, -0.05) is 30.3 Å². The van der Waals surface area contributed by atoms with Crippen LogP contribution in [0.15, 0.2) is 65.3 Å². The van der Waals surface area contributed by atoms with Gasteiger partial charge in [-0.15, -0.1) is 0 Å². The molecule has 3 rings (SSSR count). The summed E-state index contributed by atoms with van der Waals surface area (Å²) in [5, 5.41) is 1.79. The monoisotopic (exact) mass is 390 g/mol. The first-order chi connectivity index (χ1) is 12.9. The molecule has 0 bridgehead atoms. The molecule has 0 fully saturated rings. The number of hydrogen-bond acceptors (Lipinski definition) is 5. The van der Waals surface area contributed by atoms with E-state index in [0.29, 0.717) is 18.9 Å². The first-order valence-electron chi connectivity index (χ1n) is 8.59. The van der Waals surface area contributed by atoms with Crippen molar-refractivity contribution in [1.29, 1.82) is 0 Å². The second-order valence-corrected chi connectivity index (χ2v) is 8.22. The van der Waals surface area contributed by atoms with Crippen LogP contribution in [0.1, 0.15) is 5.56 Å². The molecule has 0 aromatic heterocycles. The number of sulfonamides is 1. The number of nitrogens with zero attached hydrogens (tertiary/aromatic N) is 2. The highest BCUT2D eigenvalue weighted by Gasteiger charge is 2.27. The van der Waals surface area contributed by atoms with E-state index < -0.39 is 10.0 Å². The van der Waals surface area contributed by atoms with E-state index in [4.69, 9.17) is 0 Å². The van der Waals surface area contributed by atoms with E-state index in [0.717, 1.165) is 17.7 Å². The van der Waals surface area contributed by atoms with Gasteiger partial charge in [-0.2, -0.15) is 0 Å². The molecule has 6 nitrogen and oxygen atoms in total. The number of benzene rings is 2. The quantitative estimate of drug-likeness (QED) is 0.756. The van der Waals surface area contributed by atoms with E-state index in [9.17, 15) is 12.8 Å². The first kappa shape index (κ1) is 19.3. The molecule has 1 heterocycles. The third-order valence-corrected chi connectivity index (χ3v) is 5.61. The van der Waals surface area contributed by atoms with Crippen molar-refractivity contribution in [1.82, 2.24) is 20.1 Å². The molecule has 1 aliphatic rings. The van der Waals surface area contributed by atoms with Crippen LogP contribution >= 0.6 is 0 Å². The average Bonchev–Trinajstić information content (AvgIpc) is 3.03. The molecule has 27 heavy (non-hydrogen) atoms. The zero-order valence-electron chi connectivity index (χ0n) is 15.3. The van der Waals surface area contributed by atoms with Gasteiger partial charge in [0.1, 0.15) is 11.6 Å². The predicted molar refractivity (Wildman–Crippen MR) is 103 cm³/mol. The maximum absolute atomic E-state index is 13.3. The third-order valence-electron chi connectivity index (χ3n) is 4.25. The fraction of sp³-hybridized carbons (Fsp3) is 0.263.